The Morgan fingerprint density at radius 2 is 1.80 bits per heavy atom. The number of rotatable bonds is 10. The van der Waals surface area contributed by atoms with E-state index in [0.717, 1.165) is 25.9 Å². The van der Waals surface area contributed by atoms with Gasteiger partial charge >= 0.3 is 11.9 Å². The molecule has 11 nitrogen and oxygen atoms in total. The average molecular weight is 589 g/mol. The average Bonchev–Trinajstić information content (AvgIpc) is 3.19. The summed E-state index contributed by atoms with van der Waals surface area (Å²) in [6, 6.07) is 7.74. The van der Waals surface area contributed by atoms with E-state index in [1.807, 2.05) is 32.0 Å². The molecule has 3 fully saturated rings. The van der Waals surface area contributed by atoms with Crippen molar-refractivity contribution in [3.63, 3.8) is 0 Å². The fraction of sp³-hybridized carbons (Fsp3) is 0.621. The van der Waals surface area contributed by atoms with Gasteiger partial charge in [0, 0.05) is 29.9 Å². The lowest BCUT2D eigenvalue weighted by Crippen LogP contribution is -2.65. The number of fused-ring (bicyclic) bond motifs is 1. The van der Waals surface area contributed by atoms with E-state index in [1.54, 1.807) is 39.2 Å². The Balaban J connectivity index is 1.18. The summed E-state index contributed by atoms with van der Waals surface area (Å²) in [4.78, 5) is 58.1. The van der Waals surface area contributed by atoms with Gasteiger partial charge in [0.15, 0.2) is 6.04 Å². The van der Waals surface area contributed by atoms with E-state index >= 15 is 0 Å². The van der Waals surface area contributed by atoms with Gasteiger partial charge in [0.05, 0.1) is 24.5 Å². The highest BCUT2D eigenvalue weighted by atomic mass is 32.2. The molecule has 224 valence electrons. The van der Waals surface area contributed by atoms with Crippen molar-refractivity contribution in [3.8, 4) is 0 Å². The van der Waals surface area contributed by atoms with Crippen LogP contribution in [0.4, 0.5) is 0 Å². The van der Waals surface area contributed by atoms with Crippen LogP contribution in [0.15, 0.2) is 35.3 Å². The summed E-state index contributed by atoms with van der Waals surface area (Å²) in [5.74, 6) is -1.39. The number of ether oxygens (including phenoxy) is 3. The predicted molar refractivity (Wildman–Crippen MR) is 154 cm³/mol. The molecule has 3 aliphatic heterocycles. The third kappa shape index (κ3) is 7.40. The standard InChI is InChI=1S/C29H40N4O7S/c1-28(2,3)27(37)40-18-39-26(36)22-29(4,5)41-25-21(24(35)33(22)25)31-17-32-14-11-20(12-15-32)38-16-13-30-23(34)19-9-7-6-8-10-19/h6-10,17,20-22,25H,11-16,18H2,1-5H3,(H,30,34)/t21-,22+,25-/m1/s1. The Kier molecular flexibility index (Phi) is 9.63. The van der Waals surface area contributed by atoms with Crippen LogP contribution in [-0.2, 0) is 28.6 Å². The molecule has 0 spiro atoms. The minimum atomic E-state index is -0.782. The van der Waals surface area contributed by atoms with Crippen LogP contribution in [0, 0.1) is 5.41 Å². The van der Waals surface area contributed by atoms with E-state index < -0.39 is 41.0 Å². The number of esters is 2. The number of nitrogens with zero attached hydrogens (tertiary/aromatic N) is 3. The maximum Gasteiger partial charge on any atom is 0.333 e. The number of carbonyl (C=O) groups is 4. The number of carbonyl (C=O) groups excluding carboxylic acids is 4. The van der Waals surface area contributed by atoms with Gasteiger partial charge in [0.2, 0.25) is 6.79 Å². The van der Waals surface area contributed by atoms with Crippen molar-refractivity contribution in [2.75, 3.05) is 33.0 Å². The van der Waals surface area contributed by atoms with E-state index in [4.69, 9.17) is 14.2 Å². The number of piperidine rings is 1. The maximum absolute atomic E-state index is 13.0. The number of hydrogen-bond acceptors (Lipinski definition) is 9. The molecular weight excluding hydrogens is 548 g/mol. The highest BCUT2D eigenvalue weighted by molar-refractivity contribution is 8.01. The van der Waals surface area contributed by atoms with Crippen LogP contribution in [0.25, 0.3) is 0 Å². The van der Waals surface area contributed by atoms with E-state index in [2.05, 4.69) is 15.2 Å². The summed E-state index contributed by atoms with van der Waals surface area (Å²) in [6.07, 6.45) is 3.49. The van der Waals surface area contributed by atoms with Crippen LogP contribution in [0.3, 0.4) is 0 Å². The van der Waals surface area contributed by atoms with Crippen LogP contribution >= 0.6 is 11.8 Å². The molecule has 1 aromatic rings. The van der Waals surface area contributed by atoms with Crippen molar-refractivity contribution in [1.82, 2.24) is 15.1 Å². The van der Waals surface area contributed by atoms with Gasteiger partial charge in [-0.15, -0.1) is 11.8 Å². The second kappa shape index (κ2) is 12.8. The van der Waals surface area contributed by atoms with Gasteiger partial charge in [0.25, 0.3) is 11.8 Å². The molecule has 41 heavy (non-hydrogen) atoms. The summed E-state index contributed by atoms with van der Waals surface area (Å²) >= 11 is 1.52. The van der Waals surface area contributed by atoms with Crippen LogP contribution in [0.2, 0.25) is 0 Å². The lowest BCUT2D eigenvalue weighted by Gasteiger charge is -2.42. The topological polar surface area (TPSA) is 127 Å². The molecule has 0 aliphatic carbocycles. The minimum absolute atomic E-state index is 0.106. The van der Waals surface area contributed by atoms with Gasteiger partial charge in [-0.2, -0.15) is 0 Å². The quantitative estimate of drug-likeness (QED) is 0.110. The smallest absolute Gasteiger partial charge is 0.333 e. The fourth-order valence-corrected chi connectivity index (χ4v) is 6.57. The third-order valence-electron chi connectivity index (χ3n) is 7.28. The molecule has 3 heterocycles. The SMILES string of the molecule is CC(C)(C)C(=O)OCOC(=O)[C@@H]1N2C(=O)[C@@H](N=CN3CCC(OCCNC(=O)c4ccccc4)CC3)[C@H]2SC1(C)C. The number of likely N-dealkylation sites (tertiary alicyclic amines) is 1. The molecule has 3 aliphatic rings. The van der Waals surface area contributed by atoms with Gasteiger partial charge in [-0.1, -0.05) is 18.2 Å². The van der Waals surface area contributed by atoms with Crippen LogP contribution in [0.1, 0.15) is 57.8 Å². The third-order valence-corrected chi connectivity index (χ3v) is 8.84. The van der Waals surface area contributed by atoms with Gasteiger partial charge in [-0.25, -0.2) is 4.79 Å². The zero-order chi connectivity index (χ0) is 29.8. The Bertz CT molecular complexity index is 1150. The number of β-lactam (4-membered cyclic amide) rings is 1. The largest absolute Gasteiger partial charge is 0.427 e. The van der Waals surface area contributed by atoms with E-state index in [9.17, 15) is 19.2 Å². The monoisotopic (exact) mass is 588 g/mol. The first-order valence-electron chi connectivity index (χ1n) is 13.9. The fourth-order valence-electron chi connectivity index (χ4n) is 4.95. The first-order valence-corrected chi connectivity index (χ1v) is 14.8. The molecule has 1 N–H and O–H groups in total. The first-order chi connectivity index (χ1) is 19.4. The molecule has 1 aromatic carbocycles. The highest BCUT2D eigenvalue weighted by Crippen LogP contribution is 2.51. The molecule has 3 atom stereocenters. The van der Waals surface area contributed by atoms with Crippen LogP contribution < -0.4 is 5.32 Å². The molecule has 3 saturated heterocycles. The van der Waals surface area contributed by atoms with Crippen LogP contribution in [-0.4, -0.2) is 101 Å². The van der Waals surface area contributed by atoms with Gasteiger partial charge in [-0.05, 0) is 59.6 Å². The molecule has 0 unspecified atom stereocenters. The Hall–Kier alpha value is -3.12. The van der Waals surface area contributed by atoms with E-state index in [1.165, 1.54) is 16.7 Å². The Morgan fingerprint density at radius 1 is 1.12 bits per heavy atom. The number of hydrogen-bond donors (Lipinski definition) is 1. The first kappa shape index (κ1) is 30.8. The normalized spacial score (nSPS) is 24.1. The summed E-state index contributed by atoms with van der Waals surface area (Å²) in [5, 5.41) is 2.61. The molecule has 12 heteroatoms. The molecule has 4 rings (SSSR count). The Morgan fingerprint density at radius 3 is 2.46 bits per heavy atom. The van der Waals surface area contributed by atoms with E-state index in [-0.39, 0.29) is 23.3 Å². The number of benzene rings is 1. The van der Waals surface area contributed by atoms with Crippen molar-refractivity contribution in [2.45, 2.75) is 75.8 Å². The van der Waals surface area contributed by atoms with Crippen molar-refractivity contribution in [1.29, 1.82) is 0 Å². The number of aliphatic imine (C=N–C) groups is 1. The molecule has 2 amide bonds. The van der Waals surface area contributed by atoms with Gasteiger partial charge in [0.1, 0.15) is 11.4 Å². The highest BCUT2D eigenvalue weighted by Gasteiger charge is 2.64. The van der Waals surface area contributed by atoms with E-state index in [0.29, 0.717) is 18.7 Å². The lowest BCUT2D eigenvalue weighted by atomic mass is 9.96. The zero-order valence-corrected chi connectivity index (χ0v) is 25.1. The Labute approximate surface area is 245 Å². The maximum atomic E-state index is 13.0. The second-order valence-corrected chi connectivity index (χ2v) is 13.7. The summed E-state index contributed by atoms with van der Waals surface area (Å²) < 4.78 is 15.6. The zero-order valence-electron chi connectivity index (χ0n) is 24.3. The number of thioether (sulfide) groups is 1. The van der Waals surface area contributed by atoms with Crippen molar-refractivity contribution in [2.24, 2.45) is 10.4 Å². The number of nitrogens with one attached hydrogen (secondary N) is 1. The lowest BCUT2D eigenvalue weighted by molar-refractivity contribution is -0.179. The van der Waals surface area contributed by atoms with Crippen molar-refractivity contribution >= 4 is 41.9 Å². The summed E-state index contributed by atoms with van der Waals surface area (Å²) in [5.41, 5.74) is -0.0787. The van der Waals surface area contributed by atoms with Crippen molar-refractivity contribution in [3.05, 3.63) is 35.9 Å². The van der Waals surface area contributed by atoms with Crippen LogP contribution in [0.5, 0.6) is 0 Å². The minimum Gasteiger partial charge on any atom is -0.427 e. The van der Waals surface area contributed by atoms with Gasteiger partial charge < -0.3 is 29.3 Å². The molecule has 0 bridgehead atoms. The predicted octanol–water partition coefficient (Wildman–Crippen LogP) is 2.45. The second-order valence-electron chi connectivity index (χ2n) is 12.0. The number of amides is 2. The molecule has 0 aromatic heterocycles. The van der Waals surface area contributed by atoms with Crippen molar-refractivity contribution < 1.29 is 33.4 Å². The van der Waals surface area contributed by atoms with Gasteiger partial charge in [-0.3, -0.25) is 19.4 Å². The molecule has 0 saturated carbocycles. The summed E-state index contributed by atoms with van der Waals surface area (Å²) in [6.45, 7) is 10.8. The molecule has 0 radical (unpaired) electrons. The molecular formula is C29H40N4O7S. The summed E-state index contributed by atoms with van der Waals surface area (Å²) in [7, 11) is 0.